The van der Waals surface area contributed by atoms with Crippen molar-refractivity contribution in [3.8, 4) is 0 Å². The van der Waals surface area contributed by atoms with Gasteiger partial charge in [0.15, 0.2) is 0 Å². The molecule has 0 aliphatic carbocycles. The molecule has 2 heterocycles. The molecule has 13 heteroatoms. The number of hydrogen-bond donors (Lipinski definition) is 0. The lowest BCUT2D eigenvalue weighted by atomic mass is 10.1. The lowest BCUT2D eigenvalue weighted by Gasteiger charge is -2.34. The molecule has 3 rings (SSSR count). The second kappa shape index (κ2) is 8.35. The van der Waals surface area contributed by atoms with Gasteiger partial charge in [0.2, 0.25) is 10.0 Å². The van der Waals surface area contributed by atoms with Crippen LogP contribution >= 0.6 is 0 Å². The minimum absolute atomic E-state index is 0.0910. The second-order valence-electron chi connectivity index (χ2n) is 7.65. The van der Waals surface area contributed by atoms with E-state index in [2.05, 4.69) is 0 Å². The Morgan fingerprint density at radius 1 is 0.848 bits per heavy atom. The molecule has 1 aromatic heterocycles. The van der Waals surface area contributed by atoms with Crippen LogP contribution in [0.3, 0.4) is 0 Å². The van der Waals surface area contributed by atoms with Crippen molar-refractivity contribution in [2.24, 2.45) is 0 Å². The molecule has 1 amide bonds. The summed E-state index contributed by atoms with van der Waals surface area (Å²) in [7, 11) is -4.68. The Kier molecular flexibility index (Phi) is 6.35. The van der Waals surface area contributed by atoms with E-state index in [1.807, 2.05) is 0 Å². The molecule has 6 nitrogen and oxygen atoms in total. The Morgan fingerprint density at radius 3 is 1.73 bits per heavy atom. The van der Waals surface area contributed by atoms with Gasteiger partial charge in [-0.15, -0.1) is 0 Å². The maximum absolute atomic E-state index is 13.1. The van der Waals surface area contributed by atoms with Crippen LogP contribution in [0.4, 0.5) is 26.3 Å². The van der Waals surface area contributed by atoms with E-state index in [0.29, 0.717) is 22.6 Å². The summed E-state index contributed by atoms with van der Waals surface area (Å²) in [5.41, 5.74) is -2.45. The number of carbonyl (C=O) groups is 1. The Hall–Kier alpha value is -2.54. The third-order valence-corrected chi connectivity index (χ3v) is 7.38. The first-order chi connectivity index (χ1) is 15.0. The Balaban J connectivity index is 1.86. The van der Waals surface area contributed by atoms with Crippen molar-refractivity contribution in [2.45, 2.75) is 38.0 Å². The molecule has 1 aliphatic heterocycles. The third-order valence-electron chi connectivity index (χ3n) is 5.50. The Bertz CT molecular complexity index is 1140. The van der Waals surface area contributed by atoms with Gasteiger partial charge in [-0.3, -0.25) is 4.79 Å². The zero-order valence-corrected chi connectivity index (χ0v) is 18.6. The van der Waals surface area contributed by atoms with Gasteiger partial charge < -0.3 is 9.32 Å². The van der Waals surface area contributed by atoms with E-state index in [9.17, 15) is 39.6 Å². The highest BCUT2D eigenvalue weighted by atomic mass is 32.2. The predicted molar refractivity (Wildman–Crippen MR) is 104 cm³/mol. The molecular formula is C20H20F6N2O4S. The summed E-state index contributed by atoms with van der Waals surface area (Å²) < 4.78 is 111. The zero-order valence-electron chi connectivity index (χ0n) is 17.8. The molecule has 1 saturated heterocycles. The van der Waals surface area contributed by atoms with E-state index in [1.165, 1.54) is 4.90 Å². The largest absolute Gasteiger partial charge is 0.466 e. The summed E-state index contributed by atoms with van der Waals surface area (Å²) >= 11 is 0. The molecule has 1 fully saturated rings. The SMILES string of the molecule is Cc1oc(C)c(C(=O)N2CCN(S(=O)(=O)c3cc(C(F)(F)F)cc(C(F)(F)F)c3)CC2)c1C. The predicted octanol–water partition coefficient (Wildman–Crippen LogP) is 4.39. The molecule has 0 N–H and O–H groups in total. The van der Waals surface area contributed by atoms with Gasteiger partial charge in [0, 0.05) is 31.7 Å². The van der Waals surface area contributed by atoms with Gasteiger partial charge in [-0.2, -0.15) is 30.6 Å². The fourth-order valence-corrected chi connectivity index (χ4v) is 5.12. The number of nitrogens with zero attached hydrogens (tertiary/aromatic N) is 2. The summed E-state index contributed by atoms with van der Waals surface area (Å²) in [6.07, 6.45) is -10.3. The van der Waals surface area contributed by atoms with E-state index in [-0.39, 0.29) is 44.4 Å². The highest BCUT2D eigenvalue weighted by Crippen LogP contribution is 2.38. The maximum Gasteiger partial charge on any atom is 0.416 e. The average molecular weight is 498 g/mol. The van der Waals surface area contributed by atoms with Crippen molar-refractivity contribution >= 4 is 15.9 Å². The molecule has 1 aromatic carbocycles. The monoisotopic (exact) mass is 498 g/mol. The summed E-state index contributed by atoms with van der Waals surface area (Å²) in [5, 5.41) is 0. The molecule has 182 valence electrons. The molecule has 0 unspecified atom stereocenters. The molecule has 0 spiro atoms. The van der Waals surface area contributed by atoms with Crippen molar-refractivity contribution in [3.05, 3.63) is 52.0 Å². The van der Waals surface area contributed by atoms with Gasteiger partial charge in [0.25, 0.3) is 5.91 Å². The van der Waals surface area contributed by atoms with Crippen molar-refractivity contribution in [1.29, 1.82) is 0 Å². The molecule has 2 aromatic rings. The highest BCUT2D eigenvalue weighted by Gasteiger charge is 2.40. The van der Waals surface area contributed by atoms with E-state index in [4.69, 9.17) is 4.42 Å². The molecule has 1 aliphatic rings. The minimum Gasteiger partial charge on any atom is -0.466 e. The van der Waals surface area contributed by atoms with Gasteiger partial charge in [-0.05, 0) is 39.0 Å². The highest BCUT2D eigenvalue weighted by molar-refractivity contribution is 7.89. The molecule has 33 heavy (non-hydrogen) atoms. The first kappa shape index (κ1) is 25.1. The van der Waals surface area contributed by atoms with Gasteiger partial charge in [-0.25, -0.2) is 8.42 Å². The lowest BCUT2D eigenvalue weighted by Crippen LogP contribution is -2.50. The normalized spacial score (nSPS) is 16.3. The van der Waals surface area contributed by atoms with Gasteiger partial charge in [0.1, 0.15) is 11.5 Å². The van der Waals surface area contributed by atoms with Gasteiger partial charge >= 0.3 is 12.4 Å². The first-order valence-corrected chi connectivity index (χ1v) is 11.1. The Morgan fingerprint density at radius 2 is 1.33 bits per heavy atom. The molecule has 0 saturated carbocycles. The van der Waals surface area contributed by atoms with Crippen LogP contribution in [0.5, 0.6) is 0 Å². The average Bonchev–Trinajstić information content (AvgIpc) is 2.97. The van der Waals surface area contributed by atoms with E-state index >= 15 is 0 Å². The number of halogens is 6. The van der Waals surface area contributed by atoms with Crippen molar-refractivity contribution in [1.82, 2.24) is 9.21 Å². The summed E-state index contributed by atoms with van der Waals surface area (Å²) in [6.45, 7) is 4.24. The molecule has 0 radical (unpaired) electrons. The minimum atomic E-state index is -5.17. The van der Waals surface area contributed by atoms with E-state index in [1.54, 1.807) is 20.8 Å². The van der Waals surface area contributed by atoms with Crippen molar-refractivity contribution in [2.75, 3.05) is 26.2 Å². The van der Waals surface area contributed by atoms with Crippen LogP contribution in [-0.2, 0) is 22.4 Å². The number of furan rings is 1. The molecule has 0 bridgehead atoms. The van der Waals surface area contributed by atoms with Crippen LogP contribution < -0.4 is 0 Å². The topological polar surface area (TPSA) is 70.8 Å². The summed E-state index contributed by atoms with van der Waals surface area (Å²) in [6, 6.07) is 0.235. The number of rotatable bonds is 3. The number of hydrogen-bond acceptors (Lipinski definition) is 4. The van der Waals surface area contributed by atoms with Crippen LogP contribution in [0.15, 0.2) is 27.5 Å². The molecule has 0 atom stereocenters. The quantitative estimate of drug-likeness (QED) is 0.589. The smallest absolute Gasteiger partial charge is 0.416 e. The maximum atomic E-state index is 13.1. The van der Waals surface area contributed by atoms with Crippen molar-refractivity contribution in [3.63, 3.8) is 0 Å². The number of carbonyl (C=O) groups excluding carboxylic acids is 1. The van der Waals surface area contributed by atoms with Gasteiger partial charge in [0.05, 0.1) is 21.6 Å². The van der Waals surface area contributed by atoms with E-state index < -0.39 is 44.3 Å². The summed E-state index contributed by atoms with van der Waals surface area (Å²) in [5.74, 6) is 0.563. The third kappa shape index (κ3) is 4.88. The number of sulfonamides is 1. The van der Waals surface area contributed by atoms with Crippen LogP contribution in [0, 0.1) is 20.8 Å². The lowest BCUT2D eigenvalue weighted by molar-refractivity contribution is -0.143. The first-order valence-electron chi connectivity index (χ1n) is 9.69. The summed E-state index contributed by atoms with van der Waals surface area (Å²) in [4.78, 5) is 13.1. The van der Waals surface area contributed by atoms with Crippen LogP contribution in [0.2, 0.25) is 0 Å². The van der Waals surface area contributed by atoms with Crippen LogP contribution in [0.25, 0.3) is 0 Å². The van der Waals surface area contributed by atoms with Gasteiger partial charge in [-0.1, -0.05) is 0 Å². The number of amides is 1. The number of piperazine rings is 1. The second-order valence-corrected chi connectivity index (χ2v) is 9.59. The Labute approximate surface area is 185 Å². The van der Waals surface area contributed by atoms with E-state index in [0.717, 1.165) is 4.31 Å². The number of aryl methyl sites for hydroxylation is 2. The zero-order chi connectivity index (χ0) is 24.9. The van der Waals surface area contributed by atoms with Crippen molar-refractivity contribution < 1.29 is 44.0 Å². The number of benzene rings is 1. The standard InChI is InChI=1S/C20H20F6N2O4S/c1-11-12(2)32-13(3)17(11)18(29)27-4-6-28(7-5-27)33(30,31)16-9-14(19(21,22)23)8-15(10-16)20(24,25)26/h8-10H,4-7H2,1-3H3. The van der Waals surface area contributed by atoms with Crippen LogP contribution in [0.1, 0.15) is 38.6 Å². The fraction of sp³-hybridized carbons (Fsp3) is 0.450. The van der Waals surface area contributed by atoms with Crippen LogP contribution in [-0.4, -0.2) is 49.7 Å². The molecular weight excluding hydrogens is 478 g/mol. The number of alkyl halides is 6. The fourth-order valence-electron chi connectivity index (χ4n) is 3.62.